The van der Waals surface area contributed by atoms with Crippen molar-refractivity contribution in [1.29, 1.82) is 0 Å². The third kappa shape index (κ3) is 2.24. The number of hydrogen-bond acceptors (Lipinski definition) is 4. The van der Waals surface area contributed by atoms with Gasteiger partial charge in [0.2, 0.25) is 0 Å². The maximum Gasteiger partial charge on any atom is 0.433 e. The van der Waals surface area contributed by atoms with E-state index in [0.29, 0.717) is 36.1 Å². The van der Waals surface area contributed by atoms with Gasteiger partial charge in [0.05, 0.1) is 5.69 Å². The van der Waals surface area contributed by atoms with E-state index in [0.717, 1.165) is 6.07 Å². The second-order valence-electron chi connectivity index (χ2n) is 6.36. The molecule has 1 amide bonds. The summed E-state index contributed by atoms with van der Waals surface area (Å²) in [5, 5.41) is 2.79. The molecule has 1 atom stereocenters. The predicted molar refractivity (Wildman–Crippen MR) is 87.8 cm³/mol. The summed E-state index contributed by atoms with van der Waals surface area (Å²) in [6.07, 6.45) is -1.33. The van der Waals surface area contributed by atoms with Crippen molar-refractivity contribution in [2.45, 2.75) is 30.9 Å². The molecule has 2 aromatic heterocycles. The van der Waals surface area contributed by atoms with E-state index in [4.69, 9.17) is 0 Å². The van der Waals surface area contributed by atoms with Crippen LogP contribution in [0.25, 0.3) is 0 Å². The number of nitrogens with zero attached hydrogens (tertiary/aromatic N) is 3. The normalized spacial score (nSPS) is 21.8. The van der Waals surface area contributed by atoms with E-state index >= 15 is 0 Å². The van der Waals surface area contributed by atoms with Gasteiger partial charge in [0.25, 0.3) is 5.91 Å². The zero-order valence-corrected chi connectivity index (χ0v) is 13.9. The molecule has 5 nitrogen and oxygen atoms in total. The van der Waals surface area contributed by atoms with Gasteiger partial charge < -0.3 is 5.32 Å². The monoisotopic (exact) mass is 360 g/mol. The first-order chi connectivity index (χ1) is 12.4. The molecule has 0 saturated heterocycles. The van der Waals surface area contributed by atoms with Crippen LogP contribution in [0, 0.1) is 0 Å². The van der Waals surface area contributed by atoms with Crippen LogP contribution in [-0.4, -0.2) is 28.8 Å². The Labute approximate surface area is 147 Å². The zero-order chi connectivity index (χ0) is 18.5. The van der Waals surface area contributed by atoms with E-state index in [1.165, 1.54) is 6.07 Å². The first-order valence-electron chi connectivity index (χ1n) is 8.22. The number of pyridine rings is 2. The largest absolute Gasteiger partial charge is 0.433 e. The first kappa shape index (κ1) is 16.7. The number of aromatic nitrogens is 2. The molecule has 3 heterocycles. The van der Waals surface area contributed by atoms with Gasteiger partial charge in [-0.15, -0.1) is 0 Å². The van der Waals surface area contributed by atoms with Crippen molar-refractivity contribution in [3.63, 3.8) is 0 Å². The van der Waals surface area contributed by atoms with Gasteiger partial charge in [0.15, 0.2) is 0 Å². The number of halogens is 3. The Bertz CT molecular complexity index is 938. The Hall–Kier alpha value is -2.77. The van der Waals surface area contributed by atoms with Gasteiger partial charge >= 0.3 is 6.18 Å². The summed E-state index contributed by atoms with van der Waals surface area (Å²) in [5.41, 5.74) is -0.512. The van der Waals surface area contributed by atoms with Gasteiger partial charge in [-0.3, -0.25) is 9.78 Å². The molecule has 0 aromatic carbocycles. The summed E-state index contributed by atoms with van der Waals surface area (Å²) in [4.78, 5) is 25.4. The number of aryl methyl sites for hydroxylation is 1. The SMILES string of the molecule is CNC1=NC(=O)[C@]2(CCCc3ncccc32)c2nc(C(F)(F)F)ccc21. The Kier molecular flexibility index (Phi) is 3.61. The van der Waals surface area contributed by atoms with Gasteiger partial charge in [0, 0.05) is 24.5 Å². The molecule has 1 aliphatic carbocycles. The second-order valence-corrected chi connectivity index (χ2v) is 6.36. The van der Waals surface area contributed by atoms with Crippen LogP contribution in [0.3, 0.4) is 0 Å². The number of rotatable bonds is 0. The average molecular weight is 360 g/mol. The standard InChI is InChI=1S/C18H15F3N4O/c1-22-15-10-6-7-13(18(19,20)21)24-14(10)17(16(26)25-15)8-2-5-12-11(17)4-3-9-23-12/h3-4,6-7,9H,2,5,8H2,1H3,(H,22,25,26)/t17-/m0/s1. The third-order valence-electron chi connectivity index (χ3n) is 4.98. The van der Waals surface area contributed by atoms with Crippen LogP contribution in [0.5, 0.6) is 0 Å². The number of aliphatic imine (C=N–C) groups is 1. The summed E-state index contributed by atoms with van der Waals surface area (Å²) in [6, 6.07) is 5.68. The number of hydrogen-bond donors (Lipinski definition) is 1. The van der Waals surface area contributed by atoms with E-state index in [-0.39, 0.29) is 11.5 Å². The van der Waals surface area contributed by atoms with E-state index in [9.17, 15) is 18.0 Å². The number of fused-ring (bicyclic) bond motifs is 4. The molecule has 0 saturated carbocycles. The Morgan fingerprint density at radius 1 is 1.23 bits per heavy atom. The van der Waals surface area contributed by atoms with Crippen molar-refractivity contribution in [1.82, 2.24) is 15.3 Å². The number of amides is 1. The van der Waals surface area contributed by atoms with Crippen LogP contribution in [0.15, 0.2) is 35.5 Å². The van der Waals surface area contributed by atoms with Crippen molar-refractivity contribution in [2.24, 2.45) is 4.99 Å². The fraction of sp³-hybridized carbons (Fsp3) is 0.333. The maximum atomic E-state index is 13.3. The van der Waals surface area contributed by atoms with E-state index in [1.807, 2.05) is 0 Å². The molecule has 2 aromatic rings. The van der Waals surface area contributed by atoms with Crippen LogP contribution < -0.4 is 5.32 Å². The Balaban J connectivity index is 2.05. The molecule has 8 heteroatoms. The smallest absolute Gasteiger partial charge is 0.372 e. The lowest BCUT2D eigenvalue weighted by atomic mass is 9.66. The molecule has 0 radical (unpaired) electrons. The van der Waals surface area contributed by atoms with E-state index in [2.05, 4.69) is 20.3 Å². The van der Waals surface area contributed by atoms with Gasteiger partial charge in [-0.1, -0.05) is 6.07 Å². The summed E-state index contributed by atoms with van der Waals surface area (Å²) in [6.45, 7) is 0. The quantitative estimate of drug-likeness (QED) is 0.784. The van der Waals surface area contributed by atoms with Gasteiger partial charge in [-0.05, 0) is 43.0 Å². The molecule has 0 bridgehead atoms. The van der Waals surface area contributed by atoms with Crippen molar-refractivity contribution >= 4 is 11.7 Å². The van der Waals surface area contributed by atoms with Crippen LogP contribution in [0.2, 0.25) is 0 Å². The topological polar surface area (TPSA) is 67.2 Å². The molecule has 2 aliphatic rings. The molecule has 26 heavy (non-hydrogen) atoms. The lowest BCUT2D eigenvalue weighted by molar-refractivity contribution is -0.141. The van der Waals surface area contributed by atoms with Crippen LogP contribution in [-0.2, 0) is 22.8 Å². The van der Waals surface area contributed by atoms with E-state index < -0.39 is 23.2 Å². The summed E-state index contributed by atoms with van der Waals surface area (Å²) in [7, 11) is 1.57. The molecule has 0 fully saturated rings. The predicted octanol–water partition coefficient (Wildman–Crippen LogP) is 2.62. The van der Waals surface area contributed by atoms with Crippen LogP contribution in [0.4, 0.5) is 13.2 Å². The summed E-state index contributed by atoms with van der Waals surface area (Å²) >= 11 is 0. The second kappa shape index (κ2) is 5.62. The average Bonchev–Trinajstić information content (AvgIpc) is 2.63. The van der Waals surface area contributed by atoms with Crippen molar-refractivity contribution < 1.29 is 18.0 Å². The molecule has 1 spiro atoms. The highest BCUT2D eigenvalue weighted by Crippen LogP contribution is 2.46. The third-order valence-corrected chi connectivity index (χ3v) is 4.98. The fourth-order valence-electron chi connectivity index (χ4n) is 3.83. The molecular formula is C18H15F3N4O. The minimum atomic E-state index is -4.60. The Morgan fingerprint density at radius 3 is 2.77 bits per heavy atom. The van der Waals surface area contributed by atoms with Crippen LogP contribution >= 0.6 is 0 Å². The summed E-state index contributed by atoms with van der Waals surface area (Å²) < 4.78 is 39.8. The number of carbonyl (C=O) groups is 1. The maximum absolute atomic E-state index is 13.3. The van der Waals surface area contributed by atoms with Gasteiger partial charge in [-0.2, -0.15) is 18.2 Å². The van der Waals surface area contributed by atoms with Crippen molar-refractivity contribution in [2.75, 3.05) is 7.05 Å². The molecular weight excluding hydrogens is 345 g/mol. The lowest BCUT2D eigenvalue weighted by Gasteiger charge is -2.39. The first-order valence-corrected chi connectivity index (χ1v) is 8.22. The highest BCUT2D eigenvalue weighted by molar-refractivity contribution is 6.13. The number of nitrogens with one attached hydrogen (secondary N) is 1. The lowest BCUT2D eigenvalue weighted by Crippen LogP contribution is -2.46. The summed E-state index contributed by atoms with van der Waals surface area (Å²) in [5.74, 6) is -0.275. The van der Waals surface area contributed by atoms with Crippen LogP contribution in [0.1, 0.15) is 41.1 Å². The molecule has 1 aliphatic heterocycles. The number of alkyl halides is 3. The highest BCUT2D eigenvalue weighted by Gasteiger charge is 2.51. The van der Waals surface area contributed by atoms with Crippen molar-refractivity contribution in [3.05, 3.63) is 58.7 Å². The molecule has 134 valence electrons. The minimum absolute atomic E-state index is 0.102. The number of amidine groups is 1. The van der Waals surface area contributed by atoms with Gasteiger partial charge in [0.1, 0.15) is 16.9 Å². The van der Waals surface area contributed by atoms with Crippen molar-refractivity contribution in [3.8, 4) is 0 Å². The molecule has 4 rings (SSSR count). The minimum Gasteiger partial charge on any atom is -0.372 e. The molecule has 0 unspecified atom stereocenters. The highest BCUT2D eigenvalue weighted by atomic mass is 19.4. The fourth-order valence-corrected chi connectivity index (χ4v) is 3.83. The number of carbonyl (C=O) groups excluding carboxylic acids is 1. The molecule has 1 N–H and O–H groups in total. The van der Waals surface area contributed by atoms with E-state index in [1.54, 1.807) is 25.4 Å². The zero-order valence-electron chi connectivity index (χ0n) is 13.9. The Morgan fingerprint density at radius 2 is 2.04 bits per heavy atom. The van der Waals surface area contributed by atoms with Gasteiger partial charge in [-0.25, -0.2) is 4.98 Å².